The monoisotopic (exact) mass is 306 g/mol. The van der Waals surface area contributed by atoms with Crippen molar-refractivity contribution in [2.24, 2.45) is 0 Å². The van der Waals surface area contributed by atoms with Gasteiger partial charge in [-0.1, -0.05) is 12.1 Å². The van der Waals surface area contributed by atoms with Gasteiger partial charge in [0, 0.05) is 19.6 Å². The molecule has 5 heteroatoms. The second-order valence-corrected chi connectivity index (χ2v) is 5.65. The maximum Gasteiger partial charge on any atom is 0.224 e. The first-order valence-corrected chi connectivity index (χ1v) is 7.96. The van der Waals surface area contributed by atoms with Crippen molar-refractivity contribution in [2.75, 3.05) is 39.9 Å². The molecule has 5 nitrogen and oxygen atoms in total. The molecule has 122 valence electrons. The molecule has 1 aromatic rings. The maximum absolute atomic E-state index is 11.9. The Morgan fingerprint density at radius 1 is 1.41 bits per heavy atom. The summed E-state index contributed by atoms with van der Waals surface area (Å²) < 4.78 is 11.1. The zero-order valence-electron chi connectivity index (χ0n) is 13.5. The normalized spacial score (nSPS) is 18.9. The van der Waals surface area contributed by atoms with Crippen LogP contribution in [0, 0.1) is 0 Å². The molecule has 0 aromatic heterocycles. The summed E-state index contributed by atoms with van der Waals surface area (Å²) in [6, 6.07) is 7.67. The largest absolute Gasteiger partial charge is 0.494 e. The van der Waals surface area contributed by atoms with Gasteiger partial charge in [0.05, 0.1) is 25.7 Å². The molecule has 1 unspecified atom stereocenters. The molecular weight excluding hydrogens is 280 g/mol. The first-order chi connectivity index (χ1) is 10.7. The highest BCUT2D eigenvalue weighted by Gasteiger charge is 2.17. The molecule has 1 aliphatic heterocycles. The highest BCUT2D eigenvalue weighted by molar-refractivity contribution is 5.78. The van der Waals surface area contributed by atoms with Gasteiger partial charge in [0.1, 0.15) is 5.75 Å². The Bertz CT molecular complexity index is 461. The summed E-state index contributed by atoms with van der Waals surface area (Å²) in [6.07, 6.45) is 1.49. The lowest BCUT2D eigenvalue weighted by Crippen LogP contribution is -2.41. The minimum atomic E-state index is 0.0494. The quantitative estimate of drug-likeness (QED) is 0.829. The average molecular weight is 306 g/mol. The van der Waals surface area contributed by atoms with Gasteiger partial charge in [-0.3, -0.25) is 4.79 Å². The van der Waals surface area contributed by atoms with Gasteiger partial charge in [0.15, 0.2) is 0 Å². The Morgan fingerprint density at radius 2 is 2.18 bits per heavy atom. The summed E-state index contributed by atoms with van der Waals surface area (Å²) >= 11 is 0. The number of carbonyl (C=O) groups is 1. The molecule has 1 saturated heterocycles. The lowest BCUT2D eigenvalue weighted by molar-refractivity contribution is -0.120. The molecule has 0 saturated carbocycles. The fourth-order valence-electron chi connectivity index (χ4n) is 2.53. The molecule has 2 rings (SSSR count). The lowest BCUT2D eigenvalue weighted by Gasteiger charge is -2.30. The first-order valence-electron chi connectivity index (χ1n) is 7.96. The average Bonchev–Trinajstić information content (AvgIpc) is 2.50. The van der Waals surface area contributed by atoms with Crippen LogP contribution in [0.25, 0.3) is 0 Å². The molecule has 1 N–H and O–H groups in total. The Balaban J connectivity index is 1.66. The van der Waals surface area contributed by atoms with Crippen LogP contribution in [0.4, 0.5) is 0 Å². The molecule has 1 fully saturated rings. The molecule has 0 spiro atoms. The van der Waals surface area contributed by atoms with E-state index >= 15 is 0 Å². The maximum atomic E-state index is 11.9. The van der Waals surface area contributed by atoms with E-state index in [1.54, 1.807) is 0 Å². The predicted octanol–water partition coefficient (Wildman–Crippen LogP) is 1.46. The van der Waals surface area contributed by atoms with Gasteiger partial charge in [-0.25, -0.2) is 0 Å². The van der Waals surface area contributed by atoms with E-state index in [1.165, 1.54) is 0 Å². The van der Waals surface area contributed by atoms with Crippen LogP contribution in [0.2, 0.25) is 0 Å². The Morgan fingerprint density at radius 3 is 2.86 bits per heavy atom. The molecule has 0 radical (unpaired) electrons. The number of amides is 1. The lowest BCUT2D eigenvalue weighted by atomic mass is 10.1. The highest BCUT2D eigenvalue weighted by atomic mass is 16.5. The third-order valence-corrected chi connectivity index (χ3v) is 3.73. The van der Waals surface area contributed by atoms with E-state index in [2.05, 4.69) is 17.3 Å². The molecular formula is C17H26N2O3. The molecule has 1 atom stereocenters. The van der Waals surface area contributed by atoms with E-state index in [-0.39, 0.29) is 12.0 Å². The Hall–Kier alpha value is -1.59. The van der Waals surface area contributed by atoms with Crippen molar-refractivity contribution in [3.05, 3.63) is 29.8 Å². The van der Waals surface area contributed by atoms with Crippen molar-refractivity contribution >= 4 is 5.91 Å². The summed E-state index contributed by atoms with van der Waals surface area (Å²) in [5.41, 5.74) is 0.995. The van der Waals surface area contributed by atoms with Crippen LogP contribution >= 0.6 is 0 Å². The Kier molecular flexibility index (Phi) is 6.68. The minimum Gasteiger partial charge on any atom is -0.494 e. The molecule has 1 amide bonds. The summed E-state index contributed by atoms with van der Waals surface area (Å²) in [5, 5.41) is 2.96. The molecule has 0 bridgehead atoms. The van der Waals surface area contributed by atoms with Crippen molar-refractivity contribution < 1.29 is 14.3 Å². The van der Waals surface area contributed by atoms with Gasteiger partial charge in [-0.05, 0) is 38.1 Å². The predicted molar refractivity (Wildman–Crippen MR) is 86.2 cm³/mol. The fourth-order valence-corrected chi connectivity index (χ4v) is 2.53. The number of nitrogens with zero attached hydrogens (tertiary/aromatic N) is 1. The molecule has 22 heavy (non-hydrogen) atoms. The van der Waals surface area contributed by atoms with Crippen LogP contribution in [-0.2, 0) is 16.0 Å². The number of benzene rings is 1. The summed E-state index contributed by atoms with van der Waals surface area (Å²) in [5.74, 6) is 0.888. The zero-order chi connectivity index (χ0) is 15.8. The van der Waals surface area contributed by atoms with E-state index in [1.807, 2.05) is 31.2 Å². The van der Waals surface area contributed by atoms with Crippen molar-refractivity contribution in [3.63, 3.8) is 0 Å². The molecule has 0 aliphatic carbocycles. The van der Waals surface area contributed by atoms with Gasteiger partial charge < -0.3 is 19.7 Å². The van der Waals surface area contributed by atoms with Gasteiger partial charge in [-0.15, -0.1) is 0 Å². The third kappa shape index (κ3) is 5.66. The van der Waals surface area contributed by atoms with Crippen molar-refractivity contribution in [1.82, 2.24) is 10.2 Å². The number of ether oxygens (including phenoxy) is 2. The summed E-state index contributed by atoms with van der Waals surface area (Å²) in [7, 11) is 2.10. The van der Waals surface area contributed by atoms with Crippen LogP contribution in [0.1, 0.15) is 18.9 Å². The topological polar surface area (TPSA) is 50.8 Å². The van der Waals surface area contributed by atoms with E-state index in [0.29, 0.717) is 19.6 Å². The van der Waals surface area contributed by atoms with Crippen molar-refractivity contribution in [1.29, 1.82) is 0 Å². The van der Waals surface area contributed by atoms with Gasteiger partial charge in [0.25, 0.3) is 0 Å². The van der Waals surface area contributed by atoms with Crippen molar-refractivity contribution in [2.45, 2.75) is 25.9 Å². The number of hydrogen-bond donors (Lipinski definition) is 1. The SMILES string of the molecule is CCOc1ccc(CC(=O)NCCC2CN(C)CCO2)cc1. The number of rotatable bonds is 7. The van der Waals surface area contributed by atoms with Gasteiger partial charge >= 0.3 is 0 Å². The van der Waals surface area contributed by atoms with E-state index in [4.69, 9.17) is 9.47 Å². The van der Waals surface area contributed by atoms with E-state index < -0.39 is 0 Å². The Labute approximate surface area is 132 Å². The number of likely N-dealkylation sites (N-methyl/N-ethyl adjacent to an activating group) is 1. The van der Waals surface area contributed by atoms with Crippen molar-refractivity contribution in [3.8, 4) is 5.75 Å². The molecule has 1 heterocycles. The van der Waals surface area contributed by atoms with E-state index in [9.17, 15) is 4.79 Å². The first kappa shape index (κ1) is 16.8. The standard InChI is InChI=1S/C17H26N2O3/c1-3-21-15-6-4-14(5-7-15)12-17(20)18-9-8-16-13-19(2)10-11-22-16/h4-7,16H,3,8-13H2,1-2H3,(H,18,20). The van der Waals surface area contributed by atoms with Gasteiger partial charge in [0.2, 0.25) is 5.91 Å². The second-order valence-electron chi connectivity index (χ2n) is 5.65. The highest BCUT2D eigenvalue weighted by Crippen LogP contribution is 2.12. The van der Waals surface area contributed by atoms with Gasteiger partial charge in [-0.2, -0.15) is 0 Å². The molecule has 1 aliphatic rings. The number of nitrogens with one attached hydrogen (secondary N) is 1. The fraction of sp³-hybridized carbons (Fsp3) is 0.588. The van der Waals surface area contributed by atoms with Crippen LogP contribution < -0.4 is 10.1 Å². The number of morpholine rings is 1. The smallest absolute Gasteiger partial charge is 0.224 e. The minimum absolute atomic E-state index is 0.0494. The van der Waals surface area contributed by atoms with Crippen LogP contribution in [0.3, 0.4) is 0 Å². The number of carbonyl (C=O) groups excluding carboxylic acids is 1. The molecule has 1 aromatic carbocycles. The second kappa shape index (κ2) is 8.76. The van der Waals surface area contributed by atoms with Crippen LogP contribution in [0.15, 0.2) is 24.3 Å². The summed E-state index contributed by atoms with van der Waals surface area (Å²) in [6.45, 7) is 5.97. The van der Waals surface area contributed by atoms with Crippen LogP contribution in [0.5, 0.6) is 5.75 Å². The van der Waals surface area contributed by atoms with E-state index in [0.717, 1.165) is 37.4 Å². The summed E-state index contributed by atoms with van der Waals surface area (Å²) in [4.78, 5) is 14.2. The zero-order valence-corrected chi connectivity index (χ0v) is 13.5. The number of hydrogen-bond acceptors (Lipinski definition) is 4. The third-order valence-electron chi connectivity index (χ3n) is 3.73. The van der Waals surface area contributed by atoms with Crippen LogP contribution in [-0.4, -0.2) is 56.8 Å².